The van der Waals surface area contributed by atoms with E-state index in [0.29, 0.717) is 17.9 Å². The number of amides is 1. The third-order valence-corrected chi connectivity index (χ3v) is 6.11. The van der Waals surface area contributed by atoms with Crippen LogP contribution in [-0.4, -0.2) is 47.2 Å². The summed E-state index contributed by atoms with van der Waals surface area (Å²) in [5.41, 5.74) is 0. The van der Waals surface area contributed by atoms with Gasteiger partial charge in [-0.25, -0.2) is 0 Å². The molecule has 2 aliphatic rings. The molecular formula is C17H20N4OS. The van der Waals surface area contributed by atoms with Crippen molar-refractivity contribution >= 4 is 23.1 Å². The number of aromatic nitrogens is 2. The topological polar surface area (TPSA) is 49.3 Å². The number of carbonyl (C=O) groups is 1. The van der Waals surface area contributed by atoms with Gasteiger partial charge in [0.05, 0.1) is 4.88 Å². The number of likely N-dealkylation sites (tertiary alicyclic amines) is 1. The lowest BCUT2D eigenvalue weighted by molar-refractivity contribution is 0.0784. The molecule has 1 saturated heterocycles. The monoisotopic (exact) mass is 328 g/mol. The fourth-order valence-electron chi connectivity index (χ4n) is 4.09. The Hall–Kier alpha value is -1.95. The van der Waals surface area contributed by atoms with Crippen molar-refractivity contribution in [3.05, 3.63) is 40.7 Å². The van der Waals surface area contributed by atoms with E-state index < -0.39 is 0 Å². The maximum absolute atomic E-state index is 12.6. The van der Waals surface area contributed by atoms with E-state index in [4.69, 9.17) is 0 Å². The Morgan fingerprint density at radius 2 is 2.22 bits per heavy atom. The summed E-state index contributed by atoms with van der Waals surface area (Å²) in [5, 5.41) is 10.2. The molecule has 6 heteroatoms. The second-order valence-corrected chi connectivity index (χ2v) is 7.40. The number of fused-ring (bicyclic) bond motifs is 1. The van der Waals surface area contributed by atoms with Gasteiger partial charge in [-0.3, -0.25) is 4.79 Å². The molecule has 1 aliphatic heterocycles. The van der Waals surface area contributed by atoms with Crippen LogP contribution in [0.2, 0.25) is 0 Å². The molecule has 0 unspecified atom stereocenters. The van der Waals surface area contributed by atoms with Crippen LogP contribution in [0.3, 0.4) is 0 Å². The number of nitrogens with zero attached hydrogens (tertiary/aromatic N) is 4. The zero-order valence-corrected chi connectivity index (χ0v) is 13.9. The van der Waals surface area contributed by atoms with Crippen molar-refractivity contribution in [1.82, 2.24) is 15.1 Å². The first kappa shape index (κ1) is 14.6. The van der Waals surface area contributed by atoms with Gasteiger partial charge in [0.15, 0.2) is 5.82 Å². The van der Waals surface area contributed by atoms with E-state index in [1.807, 2.05) is 34.5 Å². The van der Waals surface area contributed by atoms with Gasteiger partial charge in [-0.05, 0) is 42.3 Å². The average molecular weight is 328 g/mol. The predicted octanol–water partition coefficient (Wildman–Crippen LogP) is 2.53. The smallest absolute Gasteiger partial charge is 0.263 e. The highest BCUT2D eigenvalue weighted by Crippen LogP contribution is 2.41. The quantitative estimate of drug-likeness (QED) is 0.869. The Balaban J connectivity index is 1.48. The molecule has 2 fully saturated rings. The maximum Gasteiger partial charge on any atom is 0.263 e. The Bertz CT molecular complexity index is 675. The molecule has 23 heavy (non-hydrogen) atoms. The summed E-state index contributed by atoms with van der Waals surface area (Å²) in [4.78, 5) is 17.7. The van der Waals surface area contributed by atoms with Crippen LogP contribution in [0.15, 0.2) is 35.8 Å². The van der Waals surface area contributed by atoms with Gasteiger partial charge in [0.2, 0.25) is 0 Å². The molecule has 4 rings (SSSR count). The zero-order valence-electron chi connectivity index (χ0n) is 13.1. The minimum absolute atomic E-state index is 0.190. The van der Waals surface area contributed by atoms with E-state index >= 15 is 0 Å². The molecule has 2 aromatic rings. The highest BCUT2D eigenvalue weighted by molar-refractivity contribution is 7.12. The van der Waals surface area contributed by atoms with Crippen molar-refractivity contribution in [1.29, 1.82) is 0 Å². The van der Waals surface area contributed by atoms with E-state index in [9.17, 15) is 4.79 Å². The van der Waals surface area contributed by atoms with Crippen LogP contribution < -0.4 is 4.90 Å². The second-order valence-electron chi connectivity index (χ2n) is 6.45. The third-order valence-electron chi connectivity index (χ3n) is 5.26. The minimum atomic E-state index is 0.190. The summed E-state index contributed by atoms with van der Waals surface area (Å²) < 4.78 is 0. The largest absolute Gasteiger partial charge is 0.355 e. The highest BCUT2D eigenvalue weighted by atomic mass is 32.1. The molecule has 1 aliphatic carbocycles. The number of carbonyl (C=O) groups excluding carboxylic acids is 1. The molecule has 2 aromatic heterocycles. The molecule has 3 atom stereocenters. The van der Waals surface area contributed by atoms with Crippen molar-refractivity contribution in [2.75, 3.05) is 25.0 Å². The third kappa shape index (κ3) is 2.61. The van der Waals surface area contributed by atoms with Gasteiger partial charge in [-0.15, -0.1) is 16.4 Å². The first-order chi connectivity index (χ1) is 11.2. The molecule has 0 aromatic carbocycles. The van der Waals surface area contributed by atoms with Crippen molar-refractivity contribution in [3.8, 4) is 0 Å². The number of hydrogen-bond donors (Lipinski definition) is 0. The van der Waals surface area contributed by atoms with Gasteiger partial charge < -0.3 is 9.80 Å². The molecule has 0 N–H and O–H groups in total. The van der Waals surface area contributed by atoms with E-state index in [2.05, 4.69) is 22.1 Å². The Morgan fingerprint density at radius 1 is 1.30 bits per heavy atom. The first-order valence-electron chi connectivity index (χ1n) is 8.07. The van der Waals surface area contributed by atoms with Crippen molar-refractivity contribution < 1.29 is 4.79 Å². The summed E-state index contributed by atoms with van der Waals surface area (Å²) >= 11 is 1.53. The summed E-state index contributed by atoms with van der Waals surface area (Å²) in [7, 11) is 2.10. The van der Waals surface area contributed by atoms with Gasteiger partial charge in [0.25, 0.3) is 5.91 Å². The number of anilines is 1. The van der Waals surface area contributed by atoms with E-state index in [-0.39, 0.29) is 5.91 Å². The van der Waals surface area contributed by atoms with Crippen LogP contribution >= 0.6 is 11.3 Å². The molecule has 0 bridgehead atoms. The van der Waals surface area contributed by atoms with Gasteiger partial charge in [0.1, 0.15) is 0 Å². The lowest BCUT2D eigenvalue weighted by Crippen LogP contribution is -2.38. The maximum atomic E-state index is 12.6. The van der Waals surface area contributed by atoms with Gasteiger partial charge >= 0.3 is 0 Å². The standard InChI is InChI=1S/C17H20N4OS/c1-20(16-5-2-8-18-19-16)14-7-6-12-10-21(11-13(12)14)17(22)15-4-3-9-23-15/h2-5,8-9,12-14H,6-7,10-11H2,1H3/t12-,13+,14-/m1/s1. The molecule has 0 radical (unpaired) electrons. The fraction of sp³-hybridized carbons (Fsp3) is 0.471. The van der Waals surface area contributed by atoms with E-state index in [0.717, 1.165) is 23.8 Å². The van der Waals surface area contributed by atoms with Crippen molar-refractivity contribution in [3.63, 3.8) is 0 Å². The number of thiophene rings is 1. The zero-order chi connectivity index (χ0) is 15.8. The van der Waals surface area contributed by atoms with E-state index in [1.165, 1.54) is 24.2 Å². The van der Waals surface area contributed by atoms with Crippen molar-refractivity contribution in [2.45, 2.75) is 18.9 Å². The van der Waals surface area contributed by atoms with Gasteiger partial charge in [-0.2, -0.15) is 5.10 Å². The van der Waals surface area contributed by atoms with Crippen LogP contribution in [0.4, 0.5) is 5.82 Å². The average Bonchev–Trinajstić information content (AvgIpc) is 3.30. The summed E-state index contributed by atoms with van der Waals surface area (Å²) in [5.74, 6) is 2.26. The minimum Gasteiger partial charge on any atom is -0.355 e. The highest BCUT2D eigenvalue weighted by Gasteiger charge is 2.45. The van der Waals surface area contributed by atoms with Crippen LogP contribution in [0.5, 0.6) is 0 Å². The van der Waals surface area contributed by atoms with E-state index in [1.54, 1.807) is 6.20 Å². The number of hydrogen-bond acceptors (Lipinski definition) is 5. The van der Waals surface area contributed by atoms with Crippen LogP contribution in [0.1, 0.15) is 22.5 Å². The summed E-state index contributed by atoms with van der Waals surface area (Å²) in [6.07, 6.45) is 4.06. The van der Waals surface area contributed by atoms with Crippen molar-refractivity contribution in [2.24, 2.45) is 11.8 Å². The Morgan fingerprint density at radius 3 is 2.96 bits per heavy atom. The SMILES string of the molecule is CN(c1cccnn1)[C@@H]1CC[C@@H]2CN(C(=O)c3cccs3)C[C@@H]21. The fourth-order valence-corrected chi connectivity index (χ4v) is 4.78. The lowest BCUT2D eigenvalue weighted by atomic mass is 9.97. The van der Waals surface area contributed by atoms with Gasteiger partial charge in [0, 0.05) is 38.3 Å². The second kappa shape index (κ2) is 5.92. The summed E-state index contributed by atoms with van der Waals surface area (Å²) in [6.45, 7) is 1.75. The molecule has 0 spiro atoms. The molecule has 1 saturated carbocycles. The van der Waals surface area contributed by atoms with Crippen LogP contribution in [-0.2, 0) is 0 Å². The predicted molar refractivity (Wildman–Crippen MR) is 90.7 cm³/mol. The van der Waals surface area contributed by atoms with Crippen LogP contribution in [0.25, 0.3) is 0 Å². The molecule has 1 amide bonds. The summed E-state index contributed by atoms with van der Waals surface area (Å²) in [6, 6.07) is 8.23. The normalized spacial score (nSPS) is 26.3. The Labute approximate surface area is 139 Å². The molecule has 3 heterocycles. The molecular weight excluding hydrogens is 308 g/mol. The first-order valence-corrected chi connectivity index (χ1v) is 8.95. The van der Waals surface area contributed by atoms with Gasteiger partial charge in [-0.1, -0.05) is 6.07 Å². The molecule has 5 nitrogen and oxygen atoms in total. The van der Waals surface area contributed by atoms with Crippen LogP contribution in [0, 0.1) is 11.8 Å². The Kier molecular flexibility index (Phi) is 3.77. The molecule has 120 valence electrons. The lowest BCUT2D eigenvalue weighted by Gasteiger charge is -2.30. The number of rotatable bonds is 3.